The highest BCUT2D eigenvalue weighted by atomic mass is 31.2. The molecule has 0 N–H and O–H groups in total. The standard InChI is InChI=1S/C39H25N3.C39H26NOP/c1-4-13-27(14-5-1)34-25-35(28-16-6-2-7-17-28)40-37-32(34)23-24-33-36(31-22-12-20-26-15-10-11-21-30(26)31)41-39(42-38(33)37)29-18-8-3-9-19-29;41-42(30-15-3-1-4-16-30,31-17-5-2-6-18-31)32-19-11-14-29(26-32)37-35-24-22-27-12-7-9-20-33(27)38(35)40-39-34-21-10-8-13-28(34)23-25-36(37)39/h1-25H;1-26H. The van der Waals surface area contributed by atoms with E-state index in [-0.39, 0.29) is 0 Å². The van der Waals surface area contributed by atoms with E-state index in [2.05, 4.69) is 212 Å². The Labute approximate surface area is 486 Å². The first-order valence-corrected chi connectivity index (χ1v) is 30.0. The molecule has 16 aromatic rings. The molecule has 84 heavy (non-hydrogen) atoms. The van der Waals surface area contributed by atoms with Gasteiger partial charge in [-0.1, -0.05) is 291 Å². The summed E-state index contributed by atoms with van der Waals surface area (Å²) >= 11 is 0. The van der Waals surface area contributed by atoms with E-state index < -0.39 is 7.14 Å². The Morgan fingerprint density at radius 2 is 0.690 bits per heavy atom. The molecule has 0 spiro atoms. The summed E-state index contributed by atoms with van der Waals surface area (Å²) < 4.78 is 15.3. The SMILES string of the molecule is O=P(c1ccccc1)(c1ccccc1)c1cccc(-c2c3ccc4ccccc4c3nc3c2ccc2ccccc23)c1.c1ccc(-c2cc(-c3ccccc3)c3ccc4c(-c5cccc6ccccc56)nc(-c5ccccc5)nc4c3n2)cc1. The van der Waals surface area contributed by atoms with Gasteiger partial charge in [-0.3, -0.25) is 0 Å². The van der Waals surface area contributed by atoms with Gasteiger partial charge in [-0.25, -0.2) is 19.9 Å². The van der Waals surface area contributed by atoms with Crippen molar-refractivity contribution in [2.45, 2.75) is 0 Å². The van der Waals surface area contributed by atoms with Crippen LogP contribution in [-0.2, 0) is 4.57 Å². The van der Waals surface area contributed by atoms with Crippen molar-refractivity contribution < 1.29 is 4.57 Å². The lowest BCUT2D eigenvalue weighted by Crippen LogP contribution is -2.25. The van der Waals surface area contributed by atoms with E-state index in [0.29, 0.717) is 5.82 Å². The molecule has 0 radical (unpaired) electrons. The van der Waals surface area contributed by atoms with Crippen LogP contribution in [0.25, 0.3) is 132 Å². The van der Waals surface area contributed by atoms with Crippen LogP contribution in [0.5, 0.6) is 0 Å². The second-order valence-corrected chi connectivity index (χ2v) is 23.9. The predicted molar refractivity (Wildman–Crippen MR) is 353 cm³/mol. The zero-order valence-corrected chi connectivity index (χ0v) is 46.5. The molecule has 0 amide bonds. The number of benzene rings is 13. The summed E-state index contributed by atoms with van der Waals surface area (Å²) in [4.78, 5) is 21.1. The number of nitrogens with zero attached hydrogens (tertiary/aromatic N) is 4. The van der Waals surface area contributed by atoms with Gasteiger partial charge in [-0.2, -0.15) is 0 Å². The van der Waals surface area contributed by atoms with Crippen molar-refractivity contribution in [3.63, 3.8) is 0 Å². The van der Waals surface area contributed by atoms with Gasteiger partial charge >= 0.3 is 0 Å². The van der Waals surface area contributed by atoms with Crippen molar-refractivity contribution in [1.82, 2.24) is 19.9 Å². The maximum absolute atomic E-state index is 15.3. The molecule has 0 aliphatic heterocycles. The molecule has 3 aromatic heterocycles. The minimum Gasteiger partial charge on any atom is -0.309 e. The Balaban J connectivity index is 0.000000143. The average molecular weight is 1090 g/mol. The van der Waals surface area contributed by atoms with Crippen LogP contribution < -0.4 is 15.9 Å². The fraction of sp³-hybridized carbons (Fsp3) is 0. The van der Waals surface area contributed by atoms with Crippen molar-refractivity contribution in [3.05, 3.63) is 309 Å². The first kappa shape index (κ1) is 50.3. The largest absolute Gasteiger partial charge is 0.309 e. The Kier molecular flexibility index (Phi) is 12.8. The summed E-state index contributed by atoms with van der Waals surface area (Å²) in [7, 11) is -3.14. The van der Waals surface area contributed by atoms with Crippen LogP contribution >= 0.6 is 7.14 Å². The highest BCUT2D eigenvalue weighted by Crippen LogP contribution is 2.46. The second kappa shape index (κ2) is 21.3. The Morgan fingerprint density at radius 1 is 0.250 bits per heavy atom. The summed E-state index contributed by atoms with van der Waals surface area (Å²) in [6.45, 7) is 0. The Morgan fingerprint density at radius 3 is 1.30 bits per heavy atom. The van der Waals surface area contributed by atoms with Crippen LogP contribution in [0.15, 0.2) is 309 Å². The van der Waals surface area contributed by atoms with Gasteiger partial charge in [-0.05, 0) is 56.4 Å². The number of aromatic nitrogens is 4. The van der Waals surface area contributed by atoms with Gasteiger partial charge < -0.3 is 4.57 Å². The minimum absolute atomic E-state index is 0.687. The number of pyridine rings is 2. The van der Waals surface area contributed by atoms with Crippen LogP contribution in [-0.4, -0.2) is 19.9 Å². The lowest BCUT2D eigenvalue weighted by molar-refractivity contribution is 0.592. The number of hydrogen-bond donors (Lipinski definition) is 0. The number of rotatable bonds is 8. The summed E-state index contributed by atoms with van der Waals surface area (Å²) in [6, 6.07) is 106. The molecule has 3 heterocycles. The molecule has 0 atom stereocenters. The first-order valence-electron chi connectivity index (χ1n) is 28.3. The molecule has 16 rings (SSSR count). The van der Waals surface area contributed by atoms with Crippen LogP contribution in [0.3, 0.4) is 0 Å². The summed E-state index contributed by atoms with van der Waals surface area (Å²) in [6.07, 6.45) is 0. The zero-order valence-electron chi connectivity index (χ0n) is 45.6. The molecule has 6 heteroatoms. The van der Waals surface area contributed by atoms with Crippen molar-refractivity contribution in [1.29, 1.82) is 0 Å². The molecule has 0 saturated heterocycles. The van der Waals surface area contributed by atoms with Gasteiger partial charge in [0, 0.05) is 70.5 Å². The molecule has 394 valence electrons. The van der Waals surface area contributed by atoms with E-state index in [1.165, 1.54) is 5.39 Å². The fourth-order valence-corrected chi connectivity index (χ4v) is 14.8. The molecule has 0 aliphatic rings. The third kappa shape index (κ3) is 8.87. The maximum atomic E-state index is 15.3. The summed E-state index contributed by atoms with van der Waals surface area (Å²) in [5, 5.41) is 13.6. The van der Waals surface area contributed by atoms with Crippen molar-refractivity contribution >= 4 is 99.0 Å². The van der Waals surface area contributed by atoms with Crippen molar-refractivity contribution in [2.75, 3.05) is 0 Å². The normalized spacial score (nSPS) is 11.6. The molecular formula is C78H51N4OP. The third-order valence-corrected chi connectivity index (χ3v) is 19.2. The minimum atomic E-state index is -3.14. The summed E-state index contributed by atoms with van der Waals surface area (Å²) in [5.74, 6) is 0.687. The molecule has 0 saturated carbocycles. The van der Waals surface area contributed by atoms with Gasteiger partial charge in [0.25, 0.3) is 0 Å². The van der Waals surface area contributed by atoms with Gasteiger partial charge in [0.05, 0.1) is 27.9 Å². The van der Waals surface area contributed by atoms with E-state index in [1.807, 2.05) is 97.1 Å². The van der Waals surface area contributed by atoms with E-state index in [4.69, 9.17) is 19.9 Å². The molecule has 0 fully saturated rings. The average Bonchev–Trinajstić information content (AvgIpc) is 3.64. The number of fused-ring (bicyclic) bond motifs is 10. The lowest BCUT2D eigenvalue weighted by atomic mass is 9.92. The van der Waals surface area contributed by atoms with Crippen LogP contribution in [0.2, 0.25) is 0 Å². The Hall–Kier alpha value is -10.7. The molecule has 0 bridgehead atoms. The predicted octanol–water partition coefficient (Wildman–Crippen LogP) is 19.0. The molecule has 5 nitrogen and oxygen atoms in total. The van der Waals surface area contributed by atoms with Crippen LogP contribution in [0.4, 0.5) is 0 Å². The maximum Gasteiger partial charge on any atom is 0.171 e. The molecular weight excluding hydrogens is 1040 g/mol. The quantitative estimate of drug-likeness (QED) is 0.0861. The van der Waals surface area contributed by atoms with Crippen LogP contribution in [0, 0.1) is 0 Å². The van der Waals surface area contributed by atoms with Crippen LogP contribution in [0.1, 0.15) is 0 Å². The molecule has 0 aliphatic carbocycles. The van der Waals surface area contributed by atoms with E-state index in [0.717, 1.165) is 137 Å². The Bertz CT molecular complexity index is 5070. The van der Waals surface area contributed by atoms with Gasteiger partial charge in [0.2, 0.25) is 0 Å². The highest BCUT2D eigenvalue weighted by Gasteiger charge is 2.30. The lowest BCUT2D eigenvalue weighted by Gasteiger charge is -2.21. The summed E-state index contributed by atoms with van der Waals surface area (Å²) in [5.41, 5.74) is 13.0. The smallest absolute Gasteiger partial charge is 0.171 e. The number of hydrogen-bond acceptors (Lipinski definition) is 5. The van der Waals surface area contributed by atoms with E-state index in [9.17, 15) is 0 Å². The fourth-order valence-electron chi connectivity index (χ4n) is 12.1. The van der Waals surface area contributed by atoms with E-state index >= 15 is 4.57 Å². The van der Waals surface area contributed by atoms with Gasteiger partial charge in [0.1, 0.15) is 5.52 Å². The second-order valence-electron chi connectivity index (χ2n) is 21.1. The topological polar surface area (TPSA) is 68.6 Å². The van der Waals surface area contributed by atoms with Crippen molar-refractivity contribution in [3.8, 4) is 56.2 Å². The first-order chi connectivity index (χ1) is 41.5. The monoisotopic (exact) mass is 1090 g/mol. The molecule has 13 aromatic carbocycles. The zero-order chi connectivity index (χ0) is 56.0. The van der Waals surface area contributed by atoms with E-state index in [1.54, 1.807) is 0 Å². The van der Waals surface area contributed by atoms with Gasteiger partial charge in [0.15, 0.2) is 13.0 Å². The third-order valence-electron chi connectivity index (χ3n) is 16.2. The van der Waals surface area contributed by atoms with Crippen molar-refractivity contribution in [2.24, 2.45) is 0 Å². The highest BCUT2D eigenvalue weighted by molar-refractivity contribution is 7.85. The van der Waals surface area contributed by atoms with Gasteiger partial charge in [-0.15, -0.1) is 0 Å². The molecule has 0 unspecified atom stereocenters.